The van der Waals surface area contributed by atoms with Crippen LogP contribution in [0, 0.1) is 0 Å². The first-order chi connectivity index (χ1) is 5.56. The van der Waals surface area contributed by atoms with Crippen LogP contribution in [0.25, 0.3) is 0 Å². The Balaban J connectivity index is 3.53. The van der Waals surface area contributed by atoms with Crippen LogP contribution in [-0.2, 0) is 14.3 Å². The van der Waals surface area contributed by atoms with Gasteiger partial charge in [0.1, 0.15) is 6.10 Å². The van der Waals surface area contributed by atoms with Crippen LogP contribution in [0.1, 0.15) is 19.8 Å². The van der Waals surface area contributed by atoms with Crippen LogP contribution in [0.4, 0.5) is 0 Å². The molecule has 1 unspecified atom stereocenters. The Labute approximate surface area is 75.5 Å². The fourth-order valence-electron chi connectivity index (χ4n) is 0.521. The molecule has 0 aliphatic heterocycles. The Morgan fingerprint density at radius 3 is 2.50 bits per heavy atom. The lowest BCUT2D eigenvalue weighted by Gasteiger charge is -2.08. The average molecular weight is 195 g/mol. The molecule has 12 heavy (non-hydrogen) atoms. The van der Waals surface area contributed by atoms with Gasteiger partial charge in [-0.1, -0.05) is 0 Å². The second-order valence-electron chi connectivity index (χ2n) is 2.34. The molecule has 0 amide bonds. The van der Waals surface area contributed by atoms with Crippen molar-refractivity contribution in [2.45, 2.75) is 25.9 Å². The van der Waals surface area contributed by atoms with Crippen LogP contribution in [0.3, 0.4) is 0 Å². The summed E-state index contributed by atoms with van der Waals surface area (Å²) in [5, 5.41) is 7.92. The van der Waals surface area contributed by atoms with E-state index in [1.165, 1.54) is 0 Å². The topological polar surface area (TPSA) is 63.6 Å². The van der Waals surface area contributed by atoms with Gasteiger partial charge in [-0.05, 0) is 18.5 Å². The van der Waals surface area contributed by atoms with Crippen LogP contribution < -0.4 is 0 Å². The number of carbonyl (C=O) groups excluding carboxylic acids is 2. The highest BCUT2D eigenvalue weighted by Crippen LogP contribution is 1.99. The third kappa shape index (κ3) is 6.12. The average Bonchev–Trinajstić information content (AvgIpc) is 2.00. The second kappa shape index (κ2) is 5.97. The summed E-state index contributed by atoms with van der Waals surface area (Å²) in [5.41, 5.74) is 0. The van der Waals surface area contributed by atoms with Gasteiger partial charge in [-0.15, -0.1) is 0 Å². The lowest BCUT2D eigenvalue weighted by molar-refractivity contribution is -0.150. The number of aliphatic hydroxyl groups is 1. The van der Waals surface area contributed by atoms with E-state index in [0.717, 1.165) is 0 Å². The highest BCUT2D eigenvalue weighted by Gasteiger charge is 2.09. The van der Waals surface area contributed by atoms with E-state index in [9.17, 15) is 9.59 Å². The van der Waals surface area contributed by atoms with Crippen LogP contribution >= 0.6 is 11.6 Å². The Bertz CT molecular complexity index is 169. The molecule has 4 nitrogen and oxygen atoms in total. The molecule has 0 saturated heterocycles. The van der Waals surface area contributed by atoms with E-state index in [1.807, 2.05) is 0 Å². The van der Waals surface area contributed by atoms with Crippen LogP contribution in [0.5, 0.6) is 0 Å². The minimum absolute atomic E-state index is 0.0292. The summed E-state index contributed by atoms with van der Waals surface area (Å²) < 4.78 is 4.65. The summed E-state index contributed by atoms with van der Waals surface area (Å²) in [6, 6.07) is 0. The third-order valence-corrected chi connectivity index (χ3v) is 1.30. The number of hydrogen-bond donors (Lipinski definition) is 1. The molecule has 0 radical (unpaired) electrons. The molecule has 0 spiro atoms. The maximum absolute atomic E-state index is 10.8. The summed E-state index contributed by atoms with van der Waals surface area (Å²) in [7, 11) is 0. The predicted molar refractivity (Wildman–Crippen MR) is 42.7 cm³/mol. The van der Waals surface area contributed by atoms with Gasteiger partial charge in [0.2, 0.25) is 5.24 Å². The van der Waals surface area contributed by atoms with E-state index in [0.29, 0.717) is 0 Å². The number of halogens is 1. The summed E-state index contributed by atoms with van der Waals surface area (Å²) >= 11 is 5.00. The van der Waals surface area contributed by atoms with Gasteiger partial charge < -0.3 is 9.84 Å². The Kier molecular flexibility index (Phi) is 5.66. The molecule has 1 atom stereocenters. The van der Waals surface area contributed by atoms with E-state index < -0.39 is 17.3 Å². The number of carbonyl (C=O) groups is 2. The second-order valence-corrected chi connectivity index (χ2v) is 2.76. The standard InChI is InChI=1S/C7H11ClO4/c1-5(4-9)12-7(11)3-2-6(8)10/h5,9H,2-4H2,1H3. The first-order valence-electron chi connectivity index (χ1n) is 3.55. The zero-order chi connectivity index (χ0) is 9.56. The van der Waals surface area contributed by atoms with Crippen molar-refractivity contribution in [3.63, 3.8) is 0 Å². The van der Waals surface area contributed by atoms with Crippen molar-refractivity contribution in [3.8, 4) is 0 Å². The molecule has 0 aromatic rings. The molecular formula is C7H11ClO4. The van der Waals surface area contributed by atoms with Crippen molar-refractivity contribution in [1.82, 2.24) is 0 Å². The van der Waals surface area contributed by atoms with Crippen molar-refractivity contribution < 1.29 is 19.4 Å². The lowest BCUT2D eigenvalue weighted by atomic mass is 10.3. The summed E-state index contributed by atoms with van der Waals surface area (Å²) in [6.07, 6.45) is -0.589. The van der Waals surface area contributed by atoms with E-state index in [4.69, 9.17) is 16.7 Å². The van der Waals surface area contributed by atoms with E-state index in [-0.39, 0.29) is 19.4 Å². The maximum Gasteiger partial charge on any atom is 0.306 e. The largest absolute Gasteiger partial charge is 0.460 e. The van der Waals surface area contributed by atoms with Crippen molar-refractivity contribution in [2.24, 2.45) is 0 Å². The molecule has 0 bridgehead atoms. The number of ether oxygens (including phenoxy) is 1. The zero-order valence-electron chi connectivity index (χ0n) is 6.75. The van der Waals surface area contributed by atoms with Gasteiger partial charge in [0, 0.05) is 6.42 Å². The fourth-order valence-corrected chi connectivity index (χ4v) is 0.615. The van der Waals surface area contributed by atoms with Gasteiger partial charge in [-0.25, -0.2) is 0 Å². The molecular weight excluding hydrogens is 184 g/mol. The first kappa shape index (κ1) is 11.4. The highest BCUT2D eigenvalue weighted by molar-refractivity contribution is 6.63. The highest BCUT2D eigenvalue weighted by atomic mass is 35.5. The minimum atomic E-state index is -0.566. The van der Waals surface area contributed by atoms with Gasteiger partial charge >= 0.3 is 5.97 Å². The molecule has 0 aromatic heterocycles. The molecule has 0 heterocycles. The molecule has 5 heteroatoms. The normalized spacial score (nSPS) is 12.2. The number of hydrogen-bond acceptors (Lipinski definition) is 4. The van der Waals surface area contributed by atoms with Crippen LogP contribution in [0.2, 0.25) is 0 Å². The summed E-state index contributed by atoms with van der Waals surface area (Å²) in [4.78, 5) is 21.0. The van der Waals surface area contributed by atoms with Crippen molar-refractivity contribution in [1.29, 1.82) is 0 Å². The molecule has 0 aliphatic rings. The quantitative estimate of drug-likeness (QED) is 0.510. The number of aliphatic hydroxyl groups excluding tert-OH is 1. The molecule has 0 aliphatic carbocycles. The first-order valence-corrected chi connectivity index (χ1v) is 3.92. The number of rotatable bonds is 5. The van der Waals surface area contributed by atoms with Gasteiger partial charge in [-0.2, -0.15) is 0 Å². The Hall–Kier alpha value is -0.610. The smallest absolute Gasteiger partial charge is 0.306 e. The number of esters is 1. The van der Waals surface area contributed by atoms with Gasteiger partial charge in [0.25, 0.3) is 0 Å². The lowest BCUT2D eigenvalue weighted by Crippen LogP contribution is -2.18. The van der Waals surface area contributed by atoms with E-state index in [1.54, 1.807) is 6.92 Å². The molecule has 0 saturated carbocycles. The monoisotopic (exact) mass is 194 g/mol. The summed E-state index contributed by atoms with van der Waals surface area (Å²) in [6.45, 7) is 1.33. The molecule has 70 valence electrons. The molecule has 0 fully saturated rings. The van der Waals surface area contributed by atoms with Gasteiger partial charge in [-0.3, -0.25) is 9.59 Å². The fraction of sp³-hybridized carbons (Fsp3) is 0.714. The van der Waals surface area contributed by atoms with Crippen molar-refractivity contribution in [2.75, 3.05) is 6.61 Å². The van der Waals surface area contributed by atoms with Crippen molar-refractivity contribution >= 4 is 22.8 Å². The zero-order valence-corrected chi connectivity index (χ0v) is 7.50. The Morgan fingerprint density at radius 2 is 2.08 bits per heavy atom. The molecule has 0 aromatic carbocycles. The van der Waals surface area contributed by atoms with Gasteiger partial charge in [0.05, 0.1) is 13.0 Å². The van der Waals surface area contributed by atoms with E-state index in [2.05, 4.69) is 4.74 Å². The predicted octanol–water partition coefficient (Wildman–Crippen LogP) is 0.456. The van der Waals surface area contributed by atoms with E-state index >= 15 is 0 Å². The summed E-state index contributed by atoms with van der Waals surface area (Å²) in [5.74, 6) is -0.523. The molecule has 0 rings (SSSR count). The minimum Gasteiger partial charge on any atom is -0.460 e. The molecule has 1 N–H and O–H groups in total. The van der Waals surface area contributed by atoms with Crippen LogP contribution in [0.15, 0.2) is 0 Å². The third-order valence-electron chi connectivity index (χ3n) is 1.12. The van der Waals surface area contributed by atoms with Crippen molar-refractivity contribution in [3.05, 3.63) is 0 Å². The SMILES string of the molecule is CC(CO)OC(=O)CCC(=O)Cl. The van der Waals surface area contributed by atoms with Gasteiger partial charge in [0.15, 0.2) is 0 Å². The Morgan fingerprint density at radius 1 is 1.50 bits per heavy atom. The maximum atomic E-state index is 10.8. The van der Waals surface area contributed by atoms with Crippen LogP contribution in [-0.4, -0.2) is 29.0 Å².